The predicted octanol–water partition coefficient (Wildman–Crippen LogP) is 22.8. The monoisotopic (exact) mass is 1420 g/mol. The van der Waals surface area contributed by atoms with Gasteiger partial charge in [-0.05, 0) is 49.4 Å². The molecule has 0 amide bonds. The summed E-state index contributed by atoms with van der Waals surface area (Å²) in [5.74, 6) is 1.03. The van der Waals surface area contributed by atoms with E-state index >= 15 is 0 Å². The van der Waals surface area contributed by atoms with E-state index in [1.165, 1.54) is 193 Å². The Kier molecular flexibility index (Phi) is 65.9. The number of carbonyl (C=O) groups is 4. The zero-order valence-corrected chi connectivity index (χ0v) is 65.5. The minimum absolute atomic E-state index is 0.105. The van der Waals surface area contributed by atoms with Gasteiger partial charge in [0, 0.05) is 25.7 Å². The Labute approximate surface area is 594 Å². The smallest absolute Gasteiger partial charge is 0.462 e. The summed E-state index contributed by atoms with van der Waals surface area (Å²) in [5.41, 5.74) is 0. The van der Waals surface area contributed by atoms with Crippen molar-refractivity contribution in [3.8, 4) is 0 Å². The number of rotatable bonds is 75. The van der Waals surface area contributed by atoms with Crippen LogP contribution in [0, 0.1) is 23.7 Å². The minimum atomic E-state index is -4.96. The lowest BCUT2D eigenvalue weighted by Gasteiger charge is -2.21. The molecule has 8 atom stereocenters. The molecule has 0 spiro atoms. The van der Waals surface area contributed by atoms with Gasteiger partial charge in [-0.2, -0.15) is 0 Å². The van der Waals surface area contributed by atoms with Crippen molar-refractivity contribution in [1.82, 2.24) is 0 Å². The molecule has 0 aromatic carbocycles. The Morgan fingerprint density at radius 3 is 0.732 bits per heavy atom. The zero-order chi connectivity index (χ0) is 71.7. The summed E-state index contributed by atoms with van der Waals surface area (Å²) in [6, 6.07) is 0. The number of hydrogen-bond acceptors (Lipinski definition) is 15. The van der Waals surface area contributed by atoms with Gasteiger partial charge in [0.05, 0.1) is 26.4 Å². The molecule has 0 saturated heterocycles. The van der Waals surface area contributed by atoms with Crippen LogP contribution in [-0.2, 0) is 65.4 Å². The van der Waals surface area contributed by atoms with Gasteiger partial charge in [-0.3, -0.25) is 37.3 Å². The first-order valence-corrected chi connectivity index (χ1v) is 43.3. The topological polar surface area (TPSA) is 237 Å². The summed E-state index contributed by atoms with van der Waals surface area (Å²) in [5, 5.41) is 10.6. The first-order chi connectivity index (χ1) is 46.7. The quantitative estimate of drug-likeness (QED) is 0.0222. The van der Waals surface area contributed by atoms with E-state index in [1.807, 2.05) is 0 Å². The largest absolute Gasteiger partial charge is 0.472 e. The van der Waals surface area contributed by atoms with Crippen molar-refractivity contribution in [2.45, 2.75) is 414 Å². The van der Waals surface area contributed by atoms with Gasteiger partial charge in [0.15, 0.2) is 12.2 Å². The highest BCUT2D eigenvalue weighted by atomic mass is 31.2. The highest BCUT2D eigenvalue weighted by Gasteiger charge is 2.30. The van der Waals surface area contributed by atoms with Gasteiger partial charge in [0.1, 0.15) is 19.3 Å². The van der Waals surface area contributed by atoms with Gasteiger partial charge in [0.2, 0.25) is 0 Å². The van der Waals surface area contributed by atoms with Crippen LogP contribution in [-0.4, -0.2) is 96.7 Å². The highest BCUT2D eigenvalue weighted by Crippen LogP contribution is 2.45. The number of aliphatic hydroxyl groups excluding tert-OH is 1. The van der Waals surface area contributed by atoms with Crippen molar-refractivity contribution < 1.29 is 80.2 Å². The molecule has 17 nitrogen and oxygen atoms in total. The number of phosphoric ester groups is 2. The number of hydrogen-bond donors (Lipinski definition) is 3. The molecule has 0 aliphatic heterocycles. The Morgan fingerprint density at radius 1 is 0.289 bits per heavy atom. The maximum absolute atomic E-state index is 13.1. The molecular formula is C78H152O17P2. The SMILES string of the molecule is CCC(C)CCCCCCCCCCCCCCCCC(=O)O[C@H](COC(=O)CCCCCCCCC(C)CC)COP(=O)(O)OC[C@H](O)COP(=O)(O)OC[C@@H](COC(=O)CCCCCCCCCCCCCCCCC(C)C)OC(=O)CCCCCCCCCCC(C)CC. The third-order valence-electron chi connectivity index (χ3n) is 19.2. The molecule has 0 fully saturated rings. The zero-order valence-electron chi connectivity index (χ0n) is 63.7. The fraction of sp³-hybridized carbons (Fsp3) is 0.949. The molecular weight excluding hydrogens is 1270 g/mol. The van der Waals surface area contributed by atoms with Gasteiger partial charge in [0.25, 0.3) is 0 Å². The number of aliphatic hydroxyl groups is 1. The predicted molar refractivity (Wildman–Crippen MR) is 395 cm³/mol. The van der Waals surface area contributed by atoms with E-state index in [4.69, 9.17) is 37.0 Å². The van der Waals surface area contributed by atoms with Crippen molar-refractivity contribution in [2.75, 3.05) is 39.6 Å². The number of phosphoric acid groups is 2. The lowest BCUT2D eigenvalue weighted by Crippen LogP contribution is -2.30. The van der Waals surface area contributed by atoms with Crippen LogP contribution >= 0.6 is 15.6 Å². The fourth-order valence-electron chi connectivity index (χ4n) is 11.8. The first-order valence-electron chi connectivity index (χ1n) is 40.3. The molecule has 0 saturated carbocycles. The number of esters is 4. The number of unbranched alkanes of at least 4 members (excludes halogenated alkanes) is 38. The van der Waals surface area contributed by atoms with E-state index in [1.54, 1.807) is 0 Å². The molecule has 0 aliphatic rings. The standard InChI is InChI=1S/C78H152O17P2/c1-9-69(6)55-47-39-31-25-21-17-13-15-19-23-27-34-44-52-60-77(82)94-74(65-89-76(81)59-51-43-37-36-41-49-57-71(8)11-3)67-93-97(86,87)91-63-72(79)62-90-96(84,85)92-66-73(95-78(83)61-53-45-35-29-28-32-40-48-56-70(7)10-2)64-88-75(80)58-50-42-33-26-22-18-14-12-16-20-24-30-38-46-54-68(4)5/h68-74,79H,9-67H2,1-8H3,(H,84,85)(H,86,87)/t69?,70?,71?,72-,73-,74-/m1/s1. The van der Waals surface area contributed by atoms with Crippen LogP contribution in [0.3, 0.4) is 0 Å². The van der Waals surface area contributed by atoms with E-state index in [0.717, 1.165) is 120 Å². The normalized spacial score (nSPS) is 14.9. The average molecular weight is 1420 g/mol. The van der Waals surface area contributed by atoms with Crippen molar-refractivity contribution in [2.24, 2.45) is 23.7 Å². The Balaban J connectivity index is 5.23. The summed E-state index contributed by atoms with van der Waals surface area (Å²) >= 11 is 0. The molecule has 0 aliphatic carbocycles. The second-order valence-electron chi connectivity index (χ2n) is 29.3. The van der Waals surface area contributed by atoms with Gasteiger partial charge in [-0.25, -0.2) is 9.13 Å². The van der Waals surface area contributed by atoms with Crippen molar-refractivity contribution in [1.29, 1.82) is 0 Å². The van der Waals surface area contributed by atoms with Crippen LogP contribution < -0.4 is 0 Å². The molecule has 3 N–H and O–H groups in total. The van der Waals surface area contributed by atoms with Crippen molar-refractivity contribution in [3.63, 3.8) is 0 Å². The summed E-state index contributed by atoms with van der Waals surface area (Å²) < 4.78 is 68.6. The van der Waals surface area contributed by atoms with E-state index < -0.39 is 97.5 Å². The number of ether oxygens (including phenoxy) is 4. The molecule has 0 aromatic rings. The van der Waals surface area contributed by atoms with Crippen LogP contribution in [0.5, 0.6) is 0 Å². The van der Waals surface area contributed by atoms with Crippen LogP contribution in [0.1, 0.15) is 396 Å². The van der Waals surface area contributed by atoms with Crippen molar-refractivity contribution in [3.05, 3.63) is 0 Å². The summed E-state index contributed by atoms with van der Waals surface area (Å²) in [7, 11) is -9.92. The molecule has 5 unspecified atom stereocenters. The average Bonchev–Trinajstić information content (AvgIpc) is 1.03. The Hall–Kier alpha value is -1.94. The third kappa shape index (κ3) is 68.3. The van der Waals surface area contributed by atoms with Crippen LogP contribution in [0.25, 0.3) is 0 Å². The van der Waals surface area contributed by atoms with Gasteiger partial charge >= 0.3 is 39.5 Å². The first kappa shape index (κ1) is 95.1. The summed E-state index contributed by atoms with van der Waals surface area (Å²) in [6.45, 7) is 14.3. The van der Waals surface area contributed by atoms with Crippen LogP contribution in [0.2, 0.25) is 0 Å². The van der Waals surface area contributed by atoms with E-state index in [9.17, 15) is 43.2 Å². The third-order valence-corrected chi connectivity index (χ3v) is 21.1. The van der Waals surface area contributed by atoms with E-state index in [-0.39, 0.29) is 25.7 Å². The van der Waals surface area contributed by atoms with Gasteiger partial charge in [-0.1, -0.05) is 344 Å². The van der Waals surface area contributed by atoms with Crippen LogP contribution in [0.15, 0.2) is 0 Å². The second-order valence-corrected chi connectivity index (χ2v) is 32.2. The number of carbonyl (C=O) groups excluding carboxylic acids is 4. The molecule has 0 bridgehead atoms. The minimum Gasteiger partial charge on any atom is -0.462 e. The lowest BCUT2D eigenvalue weighted by molar-refractivity contribution is -0.161. The summed E-state index contributed by atoms with van der Waals surface area (Å²) in [6.07, 6.45) is 52.6. The van der Waals surface area contributed by atoms with E-state index in [2.05, 4.69) is 55.4 Å². The van der Waals surface area contributed by atoms with Crippen LogP contribution in [0.4, 0.5) is 0 Å². The molecule has 97 heavy (non-hydrogen) atoms. The molecule has 0 radical (unpaired) electrons. The van der Waals surface area contributed by atoms with E-state index in [0.29, 0.717) is 25.7 Å². The maximum Gasteiger partial charge on any atom is 0.472 e. The Bertz CT molecular complexity index is 1910. The molecule has 19 heteroatoms. The highest BCUT2D eigenvalue weighted by molar-refractivity contribution is 7.47. The molecule has 0 rings (SSSR count). The lowest BCUT2D eigenvalue weighted by atomic mass is 9.99. The Morgan fingerprint density at radius 2 is 0.495 bits per heavy atom. The van der Waals surface area contributed by atoms with Gasteiger partial charge < -0.3 is 33.8 Å². The molecule has 576 valence electrons. The molecule has 0 aromatic heterocycles. The molecule has 0 heterocycles. The van der Waals surface area contributed by atoms with Gasteiger partial charge in [-0.15, -0.1) is 0 Å². The fourth-order valence-corrected chi connectivity index (χ4v) is 13.4. The maximum atomic E-state index is 13.1. The summed E-state index contributed by atoms with van der Waals surface area (Å²) in [4.78, 5) is 72.9. The second kappa shape index (κ2) is 67.2. The van der Waals surface area contributed by atoms with Crippen molar-refractivity contribution >= 4 is 39.5 Å².